The standard InChI is InChI=1S/C8H6Cl2F3N3O/c9-6-5(7(10)15-3-14-6)16-4(17)1-2-8(11,12)13/h3H,1-2H2,(H,16,17). The molecule has 0 aliphatic heterocycles. The van der Waals surface area contributed by atoms with Crippen LogP contribution in [0.15, 0.2) is 6.33 Å². The number of nitrogens with zero attached hydrogens (tertiary/aromatic N) is 2. The van der Waals surface area contributed by atoms with E-state index < -0.39 is 24.9 Å². The molecule has 1 aromatic heterocycles. The molecule has 1 rings (SSSR count). The molecule has 0 saturated heterocycles. The normalized spacial score (nSPS) is 11.4. The van der Waals surface area contributed by atoms with Gasteiger partial charge in [0.25, 0.3) is 0 Å². The largest absolute Gasteiger partial charge is 0.389 e. The van der Waals surface area contributed by atoms with Gasteiger partial charge in [0.15, 0.2) is 10.3 Å². The zero-order valence-electron chi connectivity index (χ0n) is 8.18. The molecule has 0 spiro atoms. The predicted octanol–water partition coefficient (Wildman–Crippen LogP) is 3.06. The third kappa shape index (κ3) is 4.74. The van der Waals surface area contributed by atoms with Gasteiger partial charge in [-0.25, -0.2) is 9.97 Å². The lowest BCUT2D eigenvalue weighted by molar-refractivity contribution is -0.142. The van der Waals surface area contributed by atoms with E-state index in [9.17, 15) is 18.0 Å². The van der Waals surface area contributed by atoms with Crippen LogP contribution in [0.4, 0.5) is 18.9 Å². The van der Waals surface area contributed by atoms with Crippen molar-refractivity contribution in [1.82, 2.24) is 9.97 Å². The highest BCUT2D eigenvalue weighted by Crippen LogP contribution is 2.27. The fourth-order valence-electron chi connectivity index (χ4n) is 0.905. The molecule has 1 aromatic rings. The van der Waals surface area contributed by atoms with Crippen molar-refractivity contribution in [3.8, 4) is 0 Å². The number of aromatic nitrogens is 2. The molecule has 0 bridgehead atoms. The molecule has 0 saturated carbocycles. The fraction of sp³-hybridized carbons (Fsp3) is 0.375. The van der Waals surface area contributed by atoms with Crippen LogP contribution < -0.4 is 5.32 Å². The number of rotatable bonds is 3. The van der Waals surface area contributed by atoms with Gasteiger partial charge in [-0.2, -0.15) is 13.2 Å². The maximum atomic E-state index is 11.9. The molecule has 0 aliphatic carbocycles. The molecule has 0 atom stereocenters. The molecule has 0 radical (unpaired) electrons. The molecule has 1 heterocycles. The van der Waals surface area contributed by atoms with Crippen LogP contribution in [-0.4, -0.2) is 22.1 Å². The van der Waals surface area contributed by atoms with Gasteiger partial charge >= 0.3 is 6.18 Å². The Morgan fingerprint density at radius 1 is 1.29 bits per heavy atom. The molecule has 0 fully saturated rings. The molecular formula is C8H6Cl2F3N3O. The summed E-state index contributed by atoms with van der Waals surface area (Å²) < 4.78 is 35.6. The van der Waals surface area contributed by atoms with Crippen LogP contribution in [-0.2, 0) is 4.79 Å². The first-order valence-corrected chi connectivity index (χ1v) is 5.08. The number of carbonyl (C=O) groups excluding carboxylic acids is 1. The second-order valence-corrected chi connectivity index (χ2v) is 3.71. The molecule has 4 nitrogen and oxygen atoms in total. The smallest absolute Gasteiger partial charge is 0.321 e. The summed E-state index contributed by atoms with van der Waals surface area (Å²) in [6.45, 7) is 0. The van der Waals surface area contributed by atoms with Crippen LogP contribution in [0.1, 0.15) is 12.8 Å². The van der Waals surface area contributed by atoms with E-state index in [2.05, 4.69) is 15.3 Å². The van der Waals surface area contributed by atoms with Gasteiger partial charge in [-0.05, 0) is 0 Å². The highest BCUT2D eigenvalue weighted by Gasteiger charge is 2.28. The predicted molar refractivity (Wildman–Crippen MR) is 56.0 cm³/mol. The van der Waals surface area contributed by atoms with E-state index in [1.54, 1.807) is 0 Å². The van der Waals surface area contributed by atoms with E-state index in [0.29, 0.717) is 0 Å². The lowest BCUT2D eigenvalue weighted by Gasteiger charge is -2.08. The van der Waals surface area contributed by atoms with E-state index in [0.717, 1.165) is 6.33 Å². The Morgan fingerprint density at radius 2 is 1.82 bits per heavy atom. The molecule has 1 N–H and O–H groups in total. The highest BCUT2D eigenvalue weighted by atomic mass is 35.5. The van der Waals surface area contributed by atoms with Gasteiger partial charge in [0.2, 0.25) is 5.91 Å². The molecule has 0 aromatic carbocycles. The molecule has 94 valence electrons. The van der Waals surface area contributed by atoms with Gasteiger partial charge in [0.1, 0.15) is 12.0 Å². The van der Waals surface area contributed by atoms with Crippen molar-refractivity contribution in [2.24, 2.45) is 0 Å². The third-order valence-electron chi connectivity index (χ3n) is 1.65. The molecule has 0 unspecified atom stereocenters. The zero-order chi connectivity index (χ0) is 13.1. The lowest BCUT2D eigenvalue weighted by Crippen LogP contribution is -2.17. The van der Waals surface area contributed by atoms with Crippen molar-refractivity contribution in [1.29, 1.82) is 0 Å². The van der Waals surface area contributed by atoms with E-state index in [-0.39, 0.29) is 16.0 Å². The minimum absolute atomic E-state index is 0.0944. The zero-order valence-corrected chi connectivity index (χ0v) is 9.70. The Labute approximate surface area is 104 Å². The topological polar surface area (TPSA) is 54.9 Å². The van der Waals surface area contributed by atoms with Gasteiger partial charge in [0, 0.05) is 6.42 Å². The Morgan fingerprint density at radius 3 is 2.29 bits per heavy atom. The van der Waals surface area contributed by atoms with Crippen molar-refractivity contribution in [3.63, 3.8) is 0 Å². The number of halogens is 5. The van der Waals surface area contributed by atoms with Crippen molar-refractivity contribution in [2.45, 2.75) is 19.0 Å². The average Bonchev–Trinajstić information content (AvgIpc) is 2.20. The Bertz CT molecular complexity index is 405. The van der Waals surface area contributed by atoms with Crippen molar-refractivity contribution in [3.05, 3.63) is 16.6 Å². The van der Waals surface area contributed by atoms with Gasteiger partial charge in [-0.15, -0.1) is 0 Å². The quantitative estimate of drug-likeness (QED) is 0.870. The molecule has 9 heteroatoms. The summed E-state index contributed by atoms with van der Waals surface area (Å²) in [6.07, 6.45) is -5.26. The van der Waals surface area contributed by atoms with Crippen LogP contribution in [0.3, 0.4) is 0 Å². The number of hydrogen-bond acceptors (Lipinski definition) is 3. The first-order valence-electron chi connectivity index (χ1n) is 4.32. The van der Waals surface area contributed by atoms with E-state index in [1.165, 1.54) is 0 Å². The third-order valence-corrected chi connectivity index (χ3v) is 2.23. The van der Waals surface area contributed by atoms with Gasteiger partial charge in [-0.3, -0.25) is 4.79 Å². The Hall–Kier alpha value is -1.08. The number of nitrogens with one attached hydrogen (secondary N) is 1. The summed E-state index contributed by atoms with van der Waals surface area (Å²) in [5, 5.41) is 1.86. The summed E-state index contributed by atoms with van der Waals surface area (Å²) in [7, 11) is 0. The number of alkyl halides is 3. The number of amides is 1. The van der Waals surface area contributed by atoms with Crippen LogP contribution in [0, 0.1) is 0 Å². The molecule has 1 amide bonds. The summed E-state index contributed by atoms with van der Waals surface area (Å²) in [6, 6.07) is 0. The summed E-state index contributed by atoms with van der Waals surface area (Å²) in [5.74, 6) is -0.860. The van der Waals surface area contributed by atoms with Gasteiger partial charge in [0.05, 0.1) is 6.42 Å². The van der Waals surface area contributed by atoms with Gasteiger partial charge in [-0.1, -0.05) is 23.2 Å². The highest BCUT2D eigenvalue weighted by molar-refractivity contribution is 6.38. The van der Waals surface area contributed by atoms with Crippen LogP contribution in [0.25, 0.3) is 0 Å². The van der Waals surface area contributed by atoms with E-state index in [1.807, 2.05) is 0 Å². The van der Waals surface area contributed by atoms with Crippen molar-refractivity contribution >= 4 is 34.8 Å². The number of anilines is 1. The summed E-state index contributed by atoms with van der Waals surface area (Å²) in [5.41, 5.74) is -0.0944. The lowest BCUT2D eigenvalue weighted by atomic mass is 10.3. The maximum absolute atomic E-state index is 11.9. The first kappa shape index (κ1) is 14.0. The molecule has 17 heavy (non-hydrogen) atoms. The SMILES string of the molecule is O=C(CCC(F)(F)F)Nc1c(Cl)ncnc1Cl. The van der Waals surface area contributed by atoms with Crippen LogP contribution in [0.2, 0.25) is 10.3 Å². The average molecular weight is 288 g/mol. The first-order chi connectivity index (χ1) is 7.79. The van der Waals surface area contributed by atoms with Crippen molar-refractivity contribution in [2.75, 3.05) is 5.32 Å². The van der Waals surface area contributed by atoms with Gasteiger partial charge < -0.3 is 5.32 Å². The van der Waals surface area contributed by atoms with Crippen molar-refractivity contribution < 1.29 is 18.0 Å². The Kier molecular flexibility index (Phi) is 4.53. The van der Waals surface area contributed by atoms with E-state index >= 15 is 0 Å². The molecular weight excluding hydrogens is 282 g/mol. The minimum atomic E-state index is -4.39. The van der Waals surface area contributed by atoms with Crippen LogP contribution in [0.5, 0.6) is 0 Å². The number of carbonyl (C=O) groups is 1. The second kappa shape index (κ2) is 5.50. The number of hydrogen-bond donors (Lipinski definition) is 1. The second-order valence-electron chi connectivity index (χ2n) is 2.99. The summed E-state index contributed by atoms with van der Waals surface area (Å²) in [4.78, 5) is 18.2. The fourth-order valence-corrected chi connectivity index (χ4v) is 1.31. The monoisotopic (exact) mass is 287 g/mol. The Balaban J connectivity index is 2.63. The molecule has 0 aliphatic rings. The van der Waals surface area contributed by atoms with Crippen LogP contribution >= 0.6 is 23.2 Å². The maximum Gasteiger partial charge on any atom is 0.389 e. The van der Waals surface area contributed by atoms with E-state index in [4.69, 9.17) is 23.2 Å². The minimum Gasteiger partial charge on any atom is -0.321 e. The summed E-state index contributed by atoms with van der Waals surface area (Å²) >= 11 is 11.2.